The molecule has 0 spiro atoms. The number of phenolic OH excluding ortho intramolecular Hbond substituents is 1. The van der Waals surface area contributed by atoms with E-state index in [2.05, 4.69) is 20.4 Å². The van der Waals surface area contributed by atoms with Crippen LogP contribution in [0.4, 0.5) is 5.82 Å². The van der Waals surface area contributed by atoms with Gasteiger partial charge in [-0.3, -0.25) is 4.68 Å². The summed E-state index contributed by atoms with van der Waals surface area (Å²) in [7, 11) is 1.84. The molecule has 0 aliphatic rings. The summed E-state index contributed by atoms with van der Waals surface area (Å²) in [5.41, 5.74) is 1.59. The van der Waals surface area contributed by atoms with Crippen LogP contribution in [0.3, 0.4) is 0 Å². The summed E-state index contributed by atoms with van der Waals surface area (Å²) in [5, 5.41) is 17.9. The van der Waals surface area contributed by atoms with Gasteiger partial charge in [-0.1, -0.05) is 18.2 Å². The van der Waals surface area contributed by atoms with Crippen LogP contribution >= 0.6 is 0 Å². The Labute approximate surface area is 109 Å². The number of nitrogens with one attached hydrogen (secondary N) is 1. The van der Waals surface area contributed by atoms with Gasteiger partial charge in [0.15, 0.2) is 5.65 Å². The summed E-state index contributed by atoms with van der Waals surface area (Å²) in [4.78, 5) is 8.38. The maximum atomic E-state index is 9.72. The zero-order chi connectivity index (χ0) is 13.2. The number of hydrogen-bond acceptors (Lipinski definition) is 5. The van der Waals surface area contributed by atoms with E-state index in [1.807, 2.05) is 19.2 Å². The van der Waals surface area contributed by atoms with Crippen molar-refractivity contribution in [2.24, 2.45) is 7.05 Å². The van der Waals surface area contributed by atoms with Crippen molar-refractivity contribution in [1.82, 2.24) is 19.7 Å². The third kappa shape index (κ3) is 2.08. The summed E-state index contributed by atoms with van der Waals surface area (Å²) in [6, 6.07) is 7.21. The molecule has 2 heterocycles. The minimum atomic E-state index is 0.270. The Kier molecular flexibility index (Phi) is 2.75. The number of nitrogens with zero attached hydrogens (tertiary/aromatic N) is 4. The first kappa shape index (κ1) is 11.5. The summed E-state index contributed by atoms with van der Waals surface area (Å²) in [6.07, 6.45) is 3.22. The highest BCUT2D eigenvalue weighted by atomic mass is 16.3. The molecule has 0 aliphatic heterocycles. The van der Waals surface area contributed by atoms with Crippen molar-refractivity contribution in [2.45, 2.75) is 6.54 Å². The van der Waals surface area contributed by atoms with Crippen LogP contribution in [0.2, 0.25) is 0 Å². The van der Waals surface area contributed by atoms with Gasteiger partial charge in [-0.15, -0.1) is 0 Å². The zero-order valence-electron chi connectivity index (χ0n) is 10.4. The van der Waals surface area contributed by atoms with Crippen molar-refractivity contribution in [3.05, 3.63) is 42.4 Å². The zero-order valence-corrected chi connectivity index (χ0v) is 10.4. The van der Waals surface area contributed by atoms with Crippen molar-refractivity contribution in [2.75, 3.05) is 5.32 Å². The lowest BCUT2D eigenvalue weighted by atomic mass is 10.2. The molecule has 0 aliphatic carbocycles. The average Bonchev–Trinajstić information content (AvgIpc) is 2.81. The van der Waals surface area contributed by atoms with Crippen molar-refractivity contribution < 1.29 is 5.11 Å². The van der Waals surface area contributed by atoms with E-state index in [9.17, 15) is 5.11 Å². The van der Waals surface area contributed by atoms with E-state index in [1.54, 1.807) is 23.0 Å². The molecule has 2 N–H and O–H groups in total. The molecule has 0 fully saturated rings. The number of hydrogen-bond donors (Lipinski definition) is 2. The van der Waals surface area contributed by atoms with Gasteiger partial charge in [0.05, 0.1) is 11.6 Å². The second kappa shape index (κ2) is 4.56. The number of aromatic hydroxyl groups is 1. The molecule has 6 heteroatoms. The fourth-order valence-corrected chi connectivity index (χ4v) is 1.94. The molecule has 0 unspecified atom stereocenters. The fourth-order valence-electron chi connectivity index (χ4n) is 1.94. The Balaban J connectivity index is 1.88. The predicted octanol–water partition coefficient (Wildman–Crippen LogP) is 1.68. The lowest BCUT2D eigenvalue weighted by Gasteiger charge is -2.07. The average molecular weight is 255 g/mol. The molecule has 0 saturated carbocycles. The van der Waals surface area contributed by atoms with Crippen LogP contribution in [0.5, 0.6) is 5.75 Å². The monoisotopic (exact) mass is 255 g/mol. The molecule has 0 radical (unpaired) electrons. The normalized spacial score (nSPS) is 10.8. The van der Waals surface area contributed by atoms with E-state index in [0.717, 1.165) is 16.6 Å². The molecule has 3 aromatic rings. The first-order valence-corrected chi connectivity index (χ1v) is 5.89. The molecule has 0 saturated heterocycles. The Bertz CT molecular complexity index is 722. The standard InChI is InChI=1S/C13H13N5O/c1-18-13-10(7-17-18)12(15-8-16-13)14-6-9-4-2-3-5-11(9)19/h2-5,7-8,19H,6H2,1H3,(H,14,15,16). The smallest absolute Gasteiger partial charge is 0.163 e. The Morgan fingerprint density at radius 3 is 2.95 bits per heavy atom. The van der Waals surface area contributed by atoms with Crippen molar-refractivity contribution in [1.29, 1.82) is 0 Å². The topological polar surface area (TPSA) is 75.9 Å². The molecule has 96 valence electrons. The number of anilines is 1. The summed E-state index contributed by atoms with van der Waals surface area (Å²) in [5.74, 6) is 0.979. The van der Waals surface area contributed by atoms with Gasteiger partial charge >= 0.3 is 0 Å². The van der Waals surface area contributed by atoms with Gasteiger partial charge in [0.25, 0.3) is 0 Å². The van der Waals surface area contributed by atoms with Gasteiger partial charge in [-0.05, 0) is 6.07 Å². The minimum absolute atomic E-state index is 0.270. The minimum Gasteiger partial charge on any atom is -0.508 e. The predicted molar refractivity (Wildman–Crippen MR) is 71.7 cm³/mol. The molecular weight excluding hydrogens is 242 g/mol. The fraction of sp³-hybridized carbons (Fsp3) is 0.154. The Morgan fingerprint density at radius 2 is 2.11 bits per heavy atom. The van der Waals surface area contributed by atoms with Crippen LogP contribution in [0.25, 0.3) is 11.0 Å². The summed E-state index contributed by atoms with van der Waals surface area (Å²) in [6.45, 7) is 0.494. The van der Waals surface area contributed by atoms with E-state index in [1.165, 1.54) is 6.33 Å². The van der Waals surface area contributed by atoms with Gasteiger partial charge in [0, 0.05) is 19.2 Å². The van der Waals surface area contributed by atoms with E-state index < -0.39 is 0 Å². The molecule has 0 bridgehead atoms. The Morgan fingerprint density at radius 1 is 1.26 bits per heavy atom. The van der Waals surface area contributed by atoms with Crippen LogP contribution < -0.4 is 5.32 Å². The number of aromatic nitrogens is 4. The summed E-state index contributed by atoms with van der Waals surface area (Å²) < 4.78 is 1.70. The molecule has 0 atom stereocenters. The molecule has 0 amide bonds. The van der Waals surface area contributed by atoms with Crippen LogP contribution in [0.1, 0.15) is 5.56 Å². The maximum absolute atomic E-state index is 9.72. The highest BCUT2D eigenvalue weighted by Crippen LogP contribution is 2.21. The van der Waals surface area contributed by atoms with E-state index in [0.29, 0.717) is 12.4 Å². The number of rotatable bonds is 3. The third-order valence-electron chi connectivity index (χ3n) is 2.97. The van der Waals surface area contributed by atoms with E-state index in [4.69, 9.17) is 0 Å². The van der Waals surface area contributed by atoms with Crippen molar-refractivity contribution >= 4 is 16.9 Å². The Hall–Kier alpha value is -2.63. The van der Waals surface area contributed by atoms with Crippen molar-refractivity contribution in [3.63, 3.8) is 0 Å². The molecule has 3 rings (SSSR count). The number of aryl methyl sites for hydroxylation is 1. The number of para-hydroxylation sites is 1. The second-order valence-electron chi connectivity index (χ2n) is 4.21. The highest BCUT2D eigenvalue weighted by molar-refractivity contribution is 5.85. The first-order valence-electron chi connectivity index (χ1n) is 5.89. The van der Waals surface area contributed by atoms with Crippen LogP contribution in [-0.4, -0.2) is 24.9 Å². The van der Waals surface area contributed by atoms with Gasteiger partial charge in [0.1, 0.15) is 17.9 Å². The second-order valence-corrected chi connectivity index (χ2v) is 4.21. The lowest BCUT2D eigenvalue weighted by molar-refractivity contribution is 0.469. The lowest BCUT2D eigenvalue weighted by Crippen LogP contribution is -2.02. The first-order chi connectivity index (χ1) is 9.25. The highest BCUT2D eigenvalue weighted by Gasteiger charge is 2.08. The van der Waals surface area contributed by atoms with E-state index in [-0.39, 0.29) is 5.75 Å². The molecule has 1 aromatic carbocycles. The molecule has 19 heavy (non-hydrogen) atoms. The molecular formula is C13H13N5O. The number of benzene rings is 1. The number of phenols is 1. The largest absolute Gasteiger partial charge is 0.508 e. The van der Waals surface area contributed by atoms with Crippen LogP contribution in [-0.2, 0) is 13.6 Å². The van der Waals surface area contributed by atoms with Gasteiger partial charge in [0.2, 0.25) is 0 Å². The SMILES string of the molecule is Cn1ncc2c(NCc3ccccc3O)ncnc21. The summed E-state index contributed by atoms with van der Waals surface area (Å²) >= 11 is 0. The quantitative estimate of drug-likeness (QED) is 0.744. The van der Waals surface area contributed by atoms with Crippen molar-refractivity contribution in [3.8, 4) is 5.75 Å². The van der Waals surface area contributed by atoms with E-state index >= 15 is 0 Å². The van der Waals surface area contributed by atoms with Gasteiger partial charge in [-0.25, -0.2) is 9.97 Å². The molecule has 2 aromatic heterocycles. The van der Waals surface area contributed by atoms with Gasteiger partial charge in [-0.2, -0.15) is 5.10 Å². The van der Waals surface area contributed by atoms with Crippen LogP contribution in [0, 0.1) is 0 Å². The van der Waals surface area contributed by atoms with Crippen LogP contribution in [0.15, 0.2) is 36.8 Å². The third-order valence-corrected chi connectivity index (χ3v) is 2.97. The molecule has 6 nitrogen and oxygen atoms in total. The number of fused-ring (bicyclic) bond motifs is 1. The maximum Gasteiger partial charge on any atom is 0.163 e. The van der Waals surface area contributed by atoms with Gasteiger partial charge < -0.3 is 10.4 Å².